The molecule has 2 heteroatoms. The van der Waals surface area contributed by atoms with Gasteiger partial charge in [0.1, 0.15) is 0 Å². The Morgan fingerprint density at radius 1 is 0.895 bits per heavy atom. The van der Waals surface area contributed by atoms with E-state index in [9.17, 15) is 5.11 Å². The van der Waals surface area contributed by atoms with Crippen LogP contribution in [0.2, 0.25) is 0 Å². The van der Waals surface area contributed by atoms with Crippen molar-refractivity contribution >= 4 is 0 Å². The van der Waals surface area contributed by atoms with E-state index in [2.05, 4.69) is 19.2 Å². The van der Waals surface area contributed by atoms with E-state index < -0.39 is 0 Å². The highest BCUT2D eigenvalue weighted by molar-refractivity contribution is 4.95. The van der Waals surface area contributed by atoms with Crippen molar-refractivity contribution in [3.63, 3.8) is 0 Å². The molecule has 2 saturated carbocycles. The minimum atomic E-state index is 0.0166. The molecule has 0 aliphatic heterocycles. The van der Waals surface area contributed by atoms with Gasteiger partial charge in [-0.15, -0.1) is 0 Å². The molecule has 2 rings (SSSR count). The molecule has 0 aromatic carbocycles. The van der Waals surface area contributed by atoms with Crippen molar-refractivity contribution in [3.8, 4) is 0 Å². The van der Waals surface area contributed by atoms with E-state index in [1.54, 1.807) is 0 Å². The molecule has 2 nitrogen and oxygen atoms in total. The molecule has 0 heterocycles. The SMILES string of the molecule is CC1(C)CCCC(CO)(NC2CCCCCC2)CC1. The van der Waals surface area contributed by atoms with Crippen molar-refractivity contribution in [1.29, 1.82) is 0 Å². The van der Waals surface area contributed by atoms with Crippen LogP contribution >= 0.6 is 0 Å². The largest absolute Gasteiger partial charge is 0.394 e. The molecule has 2 fully saturated rings. The Morgan fingerprint density at radius 3 is 2.21 bits per heavy atom. The maximum Gasteiger partial charge on any atom is 0.0613 e. The molecule has 2 N–H and O–H groups in total. The summed E-state index contributed by atoms with van der Waals surface area (Å²) in [7, 11) is 0. The van der Waals surface area contributed by atoms with Crippen LogP contribution in [0.5, 0.6) is 0 Å². The second kappa shape index (κ2) is 6.58. The molecule has 0 bridgehead atoms. The van der Waals surface area contributed by atoms with Gasteiger partial charge in [-0.1, -0.05) is 46.0 Å². The zero-order valence-corrected chi connectivity index (χ0v) is 13.0. The fourth-order valence-electron chi connectivity index (χ4n) is 3.94. The third kappa shape index (κ3) is 4.46. The summed E-state index contributed by atoms with van der Waals surface area (Å²) in [6, 6.07) is 0.649. The predicted octanol–water partition coefficient (Wildman–Crippen LogP) is 4.02. The molecule has 0 saturated heterocycles. The van der Waals surface area contributed by atoms with Gasteiger partial charge in [-0.2, -0.15) is 0 Å². The fourth-order valence-corrected chi connectivity index (χ4v) is 3.94. The summed E-state index contributed by atoms with van der Waals surface area (Å²) >= 11 is 0. The van der Waals surface area contributed by atoms with Gasteiger partial charge >= 0.3 is 0 Å². The van der Waals surface area contributed by atoms with Crippen molar-refractivity contribution in [2.24, 2.45) is 5.41 Å². The lowest BCUT2D eigenvalue weighted by molar-refractivity contribution is 0.123. The molecule has 0 aromatic heterocycles. The summed E-state index contributed by atoms with van der Waals surface area (Å²) in [5, 5.41) is 13.9. The van der Waals surface area contributed by atoms with Gasteiger partial charge in [-0.3, -0.25) is 0 Å². The van der Waals surface area contributed by atoms with Gasteiger partial charge in [0, 0.05) is 11.6 Å². The summed E-state index contributed by atoms with van der Waals surface area (Å²) in [6.07, 6.45) is 14.3. The summed E-state index contributed by atoms with van der Waals surface area (Å²) in [5.74, 6) is 0. The van der Waals surface area contributed by atoms with E-state index in [1.807, 2.05) is 0 Å². The highest BCUT2D eigenvalue weighted by atomic mass is 16.3. The second-order valence-electron chi connectivity index (χ2n) is 7.79. The maximum absolute atomic E-state index is 9.98. The van der Waals surface area contributed by atoms with Crippen LogP contribution in [-0.2, 0) is 0 Å². The average Bonchev–Trinajstić information content (AvgIpc) is 2.71. The third-order valence-corrected chi connectivity index (χ3v) is 5.46. The Labute approximate surface area is 119 Å². The van der Waals surface area contributed by atoms with E-state index in [-0.39, 0.29) is 5.54 Å². The first-order chi connectivity index (χ1) is 9.05. The first-order valence-electron chi connectivity index (χ1n) is 8.44. The van der Waals surface area contributed by atoms with E-state index >= 15 is 0 Å². The van der Waals surface area contributed by atoms with Crippen LogP contribution in [0.4, 0.5) is 0 Å². The minimum Gasteiger partial charge on any atom is -0.394 e. The molecule has 1 atom stereocenters. The molecular formula is C17H33NO. The van der Waals surface area contributed by atoms with Crippen LogP contribution in [-0.4, -0.2) is 23.3 Å². The molecule has 2 aliphatic rings. The van der Waals surface area contributed by atoms with Gasteiger partial charge in [0.05, 0.1) is 6.61 Å². The zero-order chi connectivity index (χ0) is 13.8. The maximum atomic E-state index is 9.98. The van der Waals surface area contributed by atoms with Crippen LogP contribution in [0.15, 0.2) is 0 Å². The number of aliphatic hydroxyl groups excluding tert-OH is 1. The number of hydrogen-bond donors (Lipinski definition) is 2. The van der Waals surface area contributed by atoms with E-state index in [4.69, 9.17) is 0 Å². The van der Waals surface area contributed by atoms with Crippen molar-refractivity contribution in [1.82, 2.24) is 5.32 Å². The van der Waals surface area contributed by atoms with Crippen molar-refractivity contribution in [2.45, 2.75) is 96.1 Å². The van der Waals surface area contributed by atoms with Gasteiger partial charge in [0.2, 0.25) is 0 Å². The first-order valence-corrected chi connectivity index (χ1v) is 8.44. The number of rotatable bonds is 3. The van der Waals surface area contributed by atoms with Crippen LogP contribution in [0.25, 0.3) is 0 Å². The molecule has 0 amide bonds. The standard InChI is InChI=1S/C17H33NO/c1-16(2)10-7-11-17(14-19,13-12-16)18-15-8-5-3-4-6-9-15/h15,18-19H,3-14H2,1-2H3. The van der Waals surface area contributed by atoms with Crippen LogP contribution in [0.1, 0.15) is 84.5 Å². The van der Waals surface area contributed by atoms with Crippen molar-refractivity contribution in [2.75, 3.05) is 6.61 Å². The lowest BCUT2D eigenvalue weighted by Gasteiger charge is -2.37. The number of nitrogens with one attached hydrogen (secondary N) is 1. The minimum absolute atomic E-state index is 0.0166. The quantitative estimate of drug-likeness (QED) is 0.757. The first kappa shape index (κ1) is 15.3. The summed E-state index contributed by atoms with van der Waals surface area (Å²) in [5.41, 5.74) is 0.477. The Balaban J connectivity index is 1.96. The zero-order valence-electron chi connectivity index (χ0n) is 13.0. The molecule has 112 valence electrons. The summed E-state index contributed by atoms with van der Waals surface area (Å²) in [4.78, 5) is 0. The monoisotopic (exact) mass is 267 g/mol. The average molecular weight is 267 g/mol. The summed E-state index contributed by atoms with van der Waals surface area (Å²) in [6.45, 7) is 5.08. The fraction of sp³-hybridized carbons (Fsp3) is 1.00. The second-order valence-corrected chi connectivity index (χ2v) is 7.79. The van der Waals surface area contributed by atoms with Crippen LogP contribution < -0.4 is 5.32 Å². The topological polar surface area (TPSA) is 32.3 Å². The highest BCUT2D eigenvalue weighted by Crippen LogP contribution is 2.38. The third-order valence-electron chi connectivity index (χ3n) is 5.46. The van der Waals surface area contributed by atoms with Gasteiger partial charge in [-0.05, 0) is 43.9 Å². The molecule has 1 unspecified atom stereocenters. The lowest BCUT2D eigenvalue weighted by atomic mass is 9.83. The highest BCUT2D eigenvalue weighted by Gasteiger charge is 2.36. The Morgan fingerprint density at radius 2 is 1.58 bits per heavy atom. The van der Waals surface area contributed by atoms with Gasteiger partial charge in [0.15, 0.2) is 0 Å². The Bertz CT molecular complexity index is 268. The lowest BCUT2D eigenvalue weighted by Crippen LogP contribution is -2.52. The summed E-state index contributed by atoms with van der Waals surface area (Å²) < 4.78 is 0. The molecule has 0 aromatic rings. The number of aliphatic hydroxyl groups is 1. The normalized spacial score (nSPS) is 33.6. The smallest absolute Gasteiger partial charge is 0.0613 e. The van der Waals surface area contributed by atoms with Gasteiger partial charge < -0.3 is 10.4 Å². The van der Waals surface area contributed by atoms with Gasteiger partial charge in [0.25, 0.3) is 0 Å². The molecule has 0 radical (unpaired) electrons. The predicted molar refractivity (Wildman–Crippen MR) is 81.3 cm³/mol. The van der Waals surface area contributed by atoms with E-state index in [1.165, 1.54) is 57.8 Å². The van der Waals surface area contributed by atoms with Crippen LogP contribution in [0.3, 0.4) is 0 Å². The Kier molecular flexibility index (Phi) is 5.30. The van der Waals surface area contributed by atoms with Crippen LogP contribution in [0, 0.1) is 5.41 Å². The molecular weight excluding hydrogens is 234 g/mol. The molecule has 2 aliphatic carbocycles. The molecule has 19 heavy (non-hydrogen) atoms. The number of hydrogen-bond acceptors (Lipinski definition) is 2. The molecule has 0 spiro atoms. The van der Waals surface area contributed by atoms with E-state index in [0.29, 0.717) is 18.1 Å². The van der Waals surface area contributed by atoms with Crippen molar-refractivity contribution < 1.29 is 5.11 Å². The van der Waals surface area contributed by atoms with Gasteiger partial charge in [-0.25, -0.2) is 0 Å². The van der Waals surface area contributed by atoms with E-state index in [0.717, 1.165) is 12.8 Å². The Hall–Kier alpha value is -0.0800. The van der Waals surface area contributed by atoms with Crippen molar-refractivity contribution in [3.05, 3.63) is 0 Å².